The zero-order valence-corrected chi connectivity index (χ0v) is 14.7. The summed E-state index contributed by atoms with van der Waals surface area (Å²) in [6.45, 7) is 2.57. The summed E-state index contributed by atoms with van der Waals surface area (Å²) >= 11 is 0. The molecular formula is C19H22N2O2S. The van der Waals surface area contributed by atoms with Gasteiger partial charge in [0.25, 0.3) is 10.0 Å². The van der Waals surface area contributed by atoms with Crippen molar-refractivity contribution in [2.75, 3.05) is 31.0 Å². The molecule has 4 nitrogen and oxygen atoms in total. The highest BCUT2D eigenvalue weighted by molar-refractivity contribution is 7.92. The van der Waals surface area contributed by atoms with Gasteiger partial charge in [-0.2, -0.15) is 0 Å². The molecule has 0 saturated carbocycles. The number of nitrogens with zero attached hydrogens (tertiary/aromatic N) is 2. The Morgan fingerprint density at radius 2 is 1.54 bits per heavy atom. The first-order chi connectivity index (χ1) is 11.5. The Balaban J connectivity index is 1.79. The Morgan fingerprint density at radius 1 is 0.917 bits per heavy atom. The molecule has 0 atom stereocenters. The number of piperidine rings is 1. The van der Waals surface area contributed by atoms with Crippen molar-refractivity contribution >= 4 is 15.7 Å². The minimum absolute atomic E-state index is 0.0506. The highest BCUT2D eigenvalue weighted by Gasteiger charge is 2.47. The number of benzene rings is 2. The quantitative estimate of drug-likeness (QED) is 0.843. The monoisotopic (exact) mass is 342 g/mol. The molecule has 0 N–H and O–H groups in total. The average Bonchev–Trinajstić information content (AvgIpc) is 2.94. The molecule has 2 aromatic rings. The van der Waals surface area contributed by atoms with Crippen LogP contribution in [-0.4, -0.2) is 40.0 Å². The molecule has 2 aliphatic heterocycles. The second kappa shape index (κ2) is 5.60. The van der Waals surface area contributed by atoms with Gasteiger partial charge < -0.3 is 4.90 Å². The first kappa shape index (κ1) is 15.7. The lowest BCUT2D eigenvalue weighted by atomic mass is 9.74. The van der Waals surface area contributed by atoms with Gasteiger partial charge >= 0.3 is 0 Å². The number of sulfonamides is 1. The topological polar surface area (TPSA) is 40.6 Å². The molecule has 0 amide bonds. The first-order valence-corrected chi connectivity index (χ1v) is 9.83. The van der Waals surface area contributed by atoms with Crippen molar-refractivity contribution in [1.82, 2.24) is 4.90 Å². The summed E-state index contributed by atoms with van der Waals surface area (Å²) in [7, 11) is -1.39. The minimum atomic E-state index is -3.52. The van der Waals surface area contributed by atoms with Crippen LogP contribution in [0.15, 0.2) is 59.5 Å². The van der Waals surface area contributed by atoms with Crippen LogP contribution in [0.2, 0.25) is 0 Å². The van der Waals surface area contributed by atoms with Crippen LogP contribution in [0.4, 0.5) is 5.69 Å². The normalized spacial score (nSPS) is 20.3. The smallest absolute Gasteiger partial charge is 0.264 e. The van der Waals surface area contributed by atoms with Crippen molar-refractivity contribution in [3.63, 3.8) is 0 Å². The number of likely N-dealkylation sites (tertiary alicyclic amines) is 1. The number of anilines is 1. The molecule has 4 rings (SSSR count). The van der Waals surface area contributed by atoms with E-state index in [-0.39, 0.29) is 5.41 Å². The largest absolute Gasteiger partial charge is 0.306 e. The van der Waals surface area contributed by atoms with E-state index in [9.17, 15) is 8.42 Å². The summed E-state index contributed by atoms with van der Waals surface area (Å²) < 4.78 is 28.0. The fourth-order valence-electron chi connectivity index (χ4n) is 3.99. The molecular weight excluding hydrogens is 320 g/mol. The molecule has 2 aromatic carbocycles. The van der Waals surface area contributed by atoms with Crippen molar-refractivity contribution in [3.05, 3.63) is 60.2 Å². The first-order valence-electron chi connectivity index (χ1n) is 8.39. The molecule has 2 aliphatic rings. The van der Waals surface area contributed by atoms with Gasteiger partial charge in [-0.15, -0.1) is 0 Å². The zero-order chi connectivity index (χ0) is 16.8. The minimum Gasteiger partial charge on any atom is -0.306 e. The van der Waals surface area contributed by atoms with Gasteiger partial charge in [-0.05, 0) is 56.7 Å². The van der Waals surface area contributed by atoms with Gasteiger partial charge in [0.2, 0.25) is 0 Å². The van der Waals surface area contributed by atoms with Gasteiger partial charge in [-0.1, -0.05) is 36.4 Å². The van der Waals surface area contributed by atoms with Crippen LogP contribution >= 0.6 is 0 Å². The summed E-state index contributed by atoms with van der Waals surface area (Å²) in [6, 6.07) is 16.8. The highest BCUT2D eigenvalue weighted by atomic mass is 32.2. The summed E-state index contributed by atoms with van der Waals surface area (Å²) in [4.78, 5) is 2.69. The van der Waals surface area contributed by atoms with Crippen molar-refractivity contribution in [3.8, 4) is 0 Å². The molecule has 0 radical (unpaired) electrons. The van der Waals surface area contributed by atoms with E-state index >= 15 is 0 Å². The molecule has 126 valence electrons. The van der Waals surface area contributed by atoms with E-state index in [1.54, 1.807) is 28.6 Å². The van der Waals surface area contributed by atoms with E-state index in [0.29, 0.717) is 11.4 Å². The molecule has 5 heteroatoms. The summed E-state index contributed by atoms with van der Waals surface area (Å²) in [5.41, 5.74) is 1.99. The third kappa shape index (κ3) is 2.34. The van der Waals surface area contributed by atoms with E-state index in [2.05, 4.69) is 18.0 Å². The Kier molecular flexibility index (Phi) is 3.66. The molecule has 1 fully saturated rings. The number of hydrogen-bond donors (Lipinski definition) is 0. The predicted molar refractivity (Wildman–Crippen MR) is 95.8 cm³/mol. The van der Waals surface area contributed by atoms with E-state index in [0.717, 1.165) is 31.6 Å². The van der Waals surface area contributed by atoms with Crippen molar-refractivity contribution < 1.29 is 8.42 Å². The lowest BCUT2D eigenvalue weighted by molar-refractivity contribution is 0.198. The van der Waals surface area contributed by atoms with E-state index in [1.165, 1.54) is 5.56 Å². The van der Waals surface area contributed by atoms with Gasteiger partial charge in [0.05, 0.1) is 10.6 Å². The standard InChI is InChI=1S/C19H22N2O2S/c1-20-13-11-19(12-14-20)15-21(18-10-6-5-9-17(18)19)24(22,23)16-7-3-2-4-8-16/h2-10H,11-15H2,1H3. The van der Waals surface area contributed by atoms with E-state index in [4.69, 9.17) is 0 Å². The highest BCUT2D eigenvalue weighted by Crippen LogP contribution is 2.48. The maximum absolute atomic E-state index is 13.2. The van der Waals surface area contributed by atoms with Crippen LogP contribution in [0.5, 0.6) is 0 Å². The van der Waals surface area contributed by atoms with Gasteiger partial charge in [-0.3, -0.25) is 4.31 Å². The Labute approximate surface area is 143 Å². The second-order valence-electron chi connectivity index (χ2n) is 6.93. The maximum Gasteiger partial charge on any atom is 0.264 e. The van der Waals surface area contributed by atoms with E-state index < -0.39 is 10.0 Å². The number of para-hydroxylation sites is 1. The SMILES string of the molecule is CN1CCC2(CC1)CN(S(=O)(=O)c1ccccc1)c1ccccc12. The lowest BCUT2D eigenvalue weighted by Gasteiger charge is -2.38. The van der Waals surface area contributed by atoms with Crippen LogP contribution in [0.3, 0.4) is 0 Å². The molecule has 1 spiro atoms. The zero-order valence-electron chi connectivity index (χ0n) is 13.9. The second-order valence-corrected chi connectivity index (χ2v) is 8.79. The fourth-order valence-corrected chi connectivity index (χ4v) is 5.58. The van der Waals surface area contributed by atoms with Crippen molar-refractivity contribution in [2.45, 2.75) is 23.2 Å². The van der Waals surface area contributed by atoms with Crippen LogP contribution in [0, 0.1) is 0 Å². The summed E-state index contributed by atoms with van der Waals surface area (Å²) in [5, 5.41) is 0. The third-order valence-corrected chi connectivity index (χ3v) is 7.24. The van der Waals surface area contributed by atoms with Crippen LogP contribution < -0.4 is 4.31 Å². The fraction of sp³-hybridized carbons (Fsp3) is 0.368. The van der Waals surface area contributed by atoms with Gasteiger partial charge in [0.15, 0.2) is 0 Å². The maximum atomic E-state index is 13.2. The lowest BCUT2D eigenvalue weighted by Crippen LogP contribution is -2.44. The Hall–Kier alpha value is -1.85. The van der Waals surface area contributed by atoms with Crippen LogP contribution in [0.25, 0.3) is 0 Å². The molecule has 24 heavy (non-hydrogen) atoms. The Morgan fingerprint density at radius 3 is 2.25 bits per heavy atom. The molecule has 0 unspecified atom stereocenters. The average molecular weight is 342 g/mol. The van der Waals surface area contributed by atoms with Crippen LogP contribution in [0.1, 0.15) is 18.4 Å². The Bertz CT molecular complexity index is 841. The van der Waals surface area contributed by atoms with Crippen LogP contribution in [-0.2, 0) is 15.4 Å². The third-order valence-electron chi connectivity index (χ3n) is 5.47. The van der Waals surface area contributed by atoms with Crippen molar-refractivity contribution in [2.24, 2.45) is 0 Å². The number of fused-ring (bicyclic) bond motifs is 2. The molecule has 1 saturated heterocycles. The molecule has 2 heterocycles. The predicted octanol–water partition coefficient (Wildman–Crippen LogP) is 2.86. The molecule has 0 aromatic heterocycles. The summed E-state index contributed by atoms with van der Waals surface area (Å²) in [6.07, 6.45) is 2.00. The van der Waals surface area contributed by atoms with Gasteiger partial charge in [-0.25, -0.2) is 8.42 Å². The molecule has 0 bridgehead atoms. The van der Waals surface area contributed by atoms with E-state index in [1.807, 2.05) is 24.3 Å². The van der Waals surface area contributed by atoms with Gasteiger partial charge in [0, 0.05) is 12.0 Å². The van der Waals surface area contributed by atoms with Crippen molar-refractivity contribution in [1.29, 1.82) is 0 Å². The molecule has 0 aliphatic carbocycles. The number of hydrogen-bond acceptors (Lipinski definition) is 3. The summed E-state index contributed by atoms with van der Waals surface area (Å²) in [5.74, 6) is 0. The van der Waals surface area contributed by atoms with Gasteiger partial charge in [0.1, 0.15) is 0 Å². The number of rotatable bonds is 2.